The van der Waals surface area contributed by atoms with Crippen LogP contribution in [-0.4, -0.2) is 6.54 Å². The van der Waals surface area contributed by atoms with Gasteiger partial charge in [0.15, 0.2) is 0 Å². The molecule has 0 aliphatic carbocycles. The minimum atomic E-state index is 0.187. The quantitative estimate of drug-likeness (QED) is 0.642. The first-order valence-electron chi connectivity index (χ1n) is 5.97. The zero-order chi connectivity index (χ0) is 14.0. The van der Waals surface area contributed by atoms with Crippen LogP contribution < -0.4 is 5.32 Å². The molecule has 0 aliphatic heterocycles. The zero-order valence-electron chi connectivity index (χ0n) is 10.6. The average molecular weight is 424 g/mol. The number of hydrogen-bond donors (Lipinski definition) is 1. The van der Waals surface area contributed by atoms with Crippen LogP contribution in [0.5, 0.6) is 0 Å². The molecule has 0 saturated carbocycles. The summed E-state index contributed by atoms with van der Waals surface area (Å²) >= 11 is 15.0. The number of nitrogens with one attached hydrogen (secondary N) is 1. The summed E-state index contributed by atoms with van der Waals surface area (Å²) in [4.78, 5) is 2.59. The minimum absolute atomic E-state index is 0.187. The van der Waals surface area contributed by atoms with Crippen molar-refractivity contribution in [3.8, 4) is 0 Å². The highest BCUT2D eigenvalue weighted by molar-refractivity contribution is 9.10. The van der Waals surface area contributed by atoms with Gasteiger partial charge in [0, 0.05) is 23.7 Å². The van der Waals surface area contributed by atoms with Gasteiger partial charge in [-0.1, -0.05) is 40.5 Å². The Balaban J connectivity index is 2.44. The van der Waals surface area contributed by atoms with Crippen LogP contribution in [-0.2, 0) is 0 Å². The summed E-state index contributed by atoms with van der Waals surface area (Å²) in [7, 11) is 0. The molecule has 1 atom stereocenters. The first kappa shape index (κ1) is 15.5. The molecule has 1 nitrogen and oxygen atoms in total. The van der Waals surface area contributed by atoms with Crippen LogP contribution in [0.25, 0.3) is 0 Å². The van der Waals surface area contributed by atoms with Crippen LogP contribution in [0, 0.1) is 6.92 Å². The third kappa shape index (κ3) is 3.61. The number of benzene rings is 1. The molecule has 19 heavy (non-hydrogen) atoms. The molecule has 0 saturated heterocycles. The molecule has 0 spiro atoms. The molecule has 2 aromatic rings. The van der Waals surface area contributed by atoms with Gasteiger partial charge in [0.25, 0.3) is 0 Å². The molecule has 102 valence electrons. The van der Waals surface area contributed by atoms with Crippen LogP contribution in [0.1, 0.15) is 28.3 Å². The van der Waals surface area contributed by atoms with Crippen molar-refractivity contribution >= 4 is 54.8 Å². The molecule has 0 bridgehead atoms. The normalized spacial score (nSPS) is 12.7. The van der Waals surface area contributed by atoms with Gasteiger partial charge in [0.2, 0.25) is 0 Å². The monoisotopic (exact) mass is 421 g/mol. The number of thiophene rings is 1. The Morgan fingerprint density at radius 3 is 2.53 bits per heavy atom. The second-order valence-corrected chi connectivity index (χ2v) is 7.64. The highest BCUT2D eigenvalue weighted by Gasteiger charge is 2.19. The minimum Gasteiger partial charge on any atom is -0.306 e. The van der Waals surface area contributed by atoms with Crippen molar-refractivity contribution in [1.29, 1.82) is 0 Å². The van der Waals surface area contributed by atoms with Crippen LogP contribution in [0.3, 0.4) is 0 Å². The van der Waals surface area contributed by atoms with E-state index < -0.39 is 0 Å². The SMILES string of the molecule is CCNC(c1cc(Br)c(C)s1)c1ccc(Cl)cc1Br. The maximum atomic E-state index is 6.02. The first-order chi connectivity index (χ1) is 9.02. The second-order valence-electron chi connectivity index (χ2n) is 4.21. The van der Waals surface area contributed by atoms with Crippen LogP contribution in [0.15, 0.2) is 33.2 Å². The molecule has 5 heteroatoms. The number of halogens is 3. The summed E-state index contributed by atoms with van der Waals surface area (Å²) in [5.74, 6) is 0. The van der Waals surface area contributed by atoms with Crippen molar-refractivity contribution in [2.24, 2.45) is 0 Å². The molecule has 0 radical (unpaired) electrons. The lowest BCUT2D eigenvalue weighted by Gasteiger charge is -2.18. The summed E-state index contributed by atoms with van der Waals surface area (Å²) in [6, 6.07) is 8.32. The fourth-order valence-electron chi connectivity index (χ4n) is 1.93. The molecule has 0 fully saturated rings. The Bertz CT molecular complexity index is 563. The lowest BCUT2D eigenvalue weighted by Crippen LogP contribution is -2.21. The van der Waals surface area contributed by atoms with E-state index in [9.17, 15) is 0 Å². The highest BCUT2D eigenvalue weighted by atomic mass is 79.9. The largest absolute Gasteiger partial charge is 0.306 e. The van der Waals surface area contributed by atoms with Gasteiger partial charge in [-0.3, -0.25) is 0 Å². The van der Waals surface area contributed by atoms with Crippen LogP contribution >= 0.6 is 54.8 Å². The third-order valence-electron chi connectivity index (χ3n) is 2.84. The standard InChI is InChI=1S/C14H14Br2ClNS/c1-3-18-14(13-7-11(15)8(2)19-13)10-5-4-9(17)6-12(10)16/h4-7,14,18H,3H2,1-2H3. The lowest BCUT2D eigenvalue weighted by atomic mass is 10.1. The Morgan fingerprint density at radius 1 is 1.26 bits per heavy atom. The topological polar surface area (TPSA) is 12.0 Å². The lowest BCUT2D eigenvalue weighted by molar-refractivity contribution is 0.637. The van der Waals surface area contributed by atoms with Gasteiger partial charge in [-0.15, -0.1) is 11.3 Å². The fraction of sp³-hybridized carbons (Fsp3) is 0.286. The van der Waals surface area contributed by atoms with E-state index in [-0.39, 0.29) is 6.04 Å². The van der Waals surface area contributed by atoms with Crippen LogP contribution in [0.2, 0.25) is 5.02 Å². The summed E-state index contributed by atoms with van der Waals surface area (Å²) in [5, 5.41) is 4.28. The van der Waals surface area contributed by atoms with E-state index in [2.05, 4.69) is 63.2 Å². The number of hydrogen-bond acceptors (Lipinski definition) is 2. The van der Waals surface area contributed by atoms with E-state index in [1.807, 2.05) is 12.1 Å². The zero-order valence-corrected chi connectivity index (χ0v) is 15.4. The van der Waals surface area contributed by atoms with Crippen molar-refractivity contribution in [2.45, 2.75) is 19.9 Å². The molecule has 1 N–H and O–H groups in total. The predicted molar refractivity (Wildman–Crippen MR) is 91.4 cm³/mol. The molecule has 1 aromatic heterocycles. The predicted octanol–water partition coefficient (Wildman–Crippen LogP) is 5.93. The van der Waals surface area contributed by atoms with Gasteiger partial charge in [-0.2, -0.15) is 0 Å². The fourth-order valence-corrected chi connectivity index (χ4v) is 4.49. The van der Waals surface area contributed by atoms with Crippen molar-refractivity contribution < 1.29 is 0 Å². The van der Waals surface area contributed by atoms with E-state index in [1.165, 1.54) is 19.8 Å². The molecular weight excluding hydrogens is 409 g/mol. The molecule has 1 heterocycles. The molecule has 0 amide bonds. The van der Waals surface area contributed by atoms with E-state index in [0.717, 1.165) is 16.0 Å². The summed E-state index contributed by atoms with van der Waals surface area (Å²) in [5.41, 5.74) is 1.21. The van der Waals surface area contributed by atoms with Crippen molar-refractivity contribution in [3.63, 3.8) is 0 Å². The first-order valence-corrected chi connectivity index (χ1v) is 8.75. The number of rotatable bonds is 4. The summed E-state index contributed by atoms with van der Waals surface area (Å²) in [6.07, 6.45) is 0. The van der Waals surface area contributed by atoms with Crippen molar-refractivity contribution in [3.05, 3.63) is 53.6 Å². The van der Waals surface area contributed by atoms with Gasteiger partial charge in [-0.25, -0.2) is 0 Å². The number of aryl methyl sites for hydroxylation is 1. The van der Waals surface area contributed by atoms with Crippen molar-refractivity contribution in [1.82, 2.24) is 5.32 Å². The van der Waals surface area contributed by atoms with E-state index >= 15 is 0 Å². The third-order valence-corrected chi connectivity index (χ3v) is 5.97. The van der Waals surface area contributed by atoms with Gasteiger partial charge in [-0.05, 0) is 53.2 Å². The van der Waals surface area contributed by atoms with Gasteiger partial charge in [0.1, 0.15) is 0 Å². The molecule has 1 aromatic carbocycles. The van der Waals surface area contributed by atoms with Crippen LogP contribution in [0.4, 0.5) is 0 Å². The Hall–Kier alpha value is 0.130. The smallest absolute Gasteiger partial charge is 0.0682 e. The average Bonchev–Trinajstić information content (AvgIpc) is 2.67. The summed E-state index contributed by atoms with van der Waals surface area (Å²) < 4.78 is 2.20. The van der Waals surface area contributed by atoms with Gasteiger partial charge < -0.3 is 5.32 Å². The van der Waals surface area contributed by atoms with E-state index in [1.54, 1.807) is 11.3 Å². The van der Waals surface area contributed by atoms with Gasteiger partial charge >= 0.3 is 0 Å². The van der Waals surface area contributed by atoms with E-state index in [0.29, 0.717) is 0 Å². The summed E-state index contributed by atoms with van der Waals surface area (Å²) in [6.45, 7) is 5.15. The molecule has 0 aliphatic rings. The van der Waals surface area contributed by atoms with Gasteiger partial charge in [0.05, 0.1) is 6.04 Å². The Morgan fingerprint density at radius 2 is 2.00 bits per heavy atom. The Labute approximate surface area is 139 Å². The van der Waals surface area contributed by atoms with Crippen molar-refractivity contribution in [2.75, 3.05) is 6.54 Å². The van der Waals surface area contributed by atoms with E-state index in [4.69, 9.17) is 11.6 Å². The maximum absolute atomic E-state index is 6.02. The molecular formula is C14H14Br2ClNS. The molecule has 1 unspecified atom stereocenters. The highest BCUT2D eigenvalue weighted by Crippen LogP contribution is 2.36. The second kappa shape index (κ2) is 6.72. The Kier molecular flexibility index (Phi) is 5.49. The maximum Gasteiger partial charge on any atom is 0.0682 e. The molecule has 2 rings (SSSR count).